The number of hydrogen-bond acceptors (Lipinski definition) is 3. The van der Waals surface area contributed by atoms with Crippen molar-refractivity contribution in [1.82, 2.24) is 10.2 Å². The molecule has 3 rings (SSSR count). The van der Waals surface area contributed by atoms with Crippen LogP contribution in [-0.4, -0.2) is 41.4 Å². The van der Waals surface area contributed by atoms with Gasteiger partial charge in [-0.15, -0.1) is 0 Å². The number of hydrogen-bond donors (Lipinski definition) is 2. The Morgan fingerprint density at radius 3 is 2.28 bits per heavy atom. The van der Waals surface area contributed by atoms with Gasteiger partial charge in [-0.3, -0.25) is 4.79 Å². The molecular formula is C22H26FN3O2S. The standard InChI is InChI=1S/C22H26FN3O2S/c1-22(2,17-5-7-18(23)8-6-17)25-21(28)24-19-9-3-16(4-10-19)15-20(27)26-11-13-29-14-12-26/h3-10H,11-15H2,1-2H3,(H2,24,25,28). The molecule has 0 bridgehead atoms. The van der Waals surface area contributed by atoms with E-state index in [2.05, 4.69) is 10.6 Å². The number of carbonyl (C=O) groups excluding carboxylic acids is 2. The molecule has 0 aliphatic carbocycles. The van der Waals surface area contributed by atoms with Crippen LogP contribution in [0.4, 0.5) is 14.9 Å². The minimum absolute atomic E-state index is 0.143. The maximum atomic E-state index is 13.1. The lowest BCUT2D eigenvalue weighted by molar-refractivity contribution is -0.130. The quantitative estimate of drug-likeness (QED) is 0.776. The largest absolute Gasteiger partial charge is 0.341 e. The van der Waals surface area contributed by atoms with Gasteiger partial charge < -0.3 is 15.5 Å². The van der Waals surface area contributed by atoms with Crippen LogP contribution in [0.2, 0.25) is 0 Å². The molecule has 0 radical (unpaired) electrons. The second-order valence-electron chi connectivity index (χ2n) is 7.58. The highest BCUT2D eigenvalue weighted by molar-refractivity contribution is 7.99. The van der Waals surface area contributed by atoms with Crippen molar-refractivity contribution in [3.63, 3.8) is 0 Å². The maximum absolute atomic E-state index is 13.1. The van der Waals surface area contributed by atoms with Crippen molar-refractivity contribution in [3.8, 4) is 0 Å². The first-order valence-electron chi connectivity index (χ1n) is 9.63. The summed E-state index contributed by atoms with van der Waals surface area (Å²) in [5.41, 5.74) is 1.71. The molecule has 29 heavy (non-hydrogen) atoms. The summed E-state index contributed by atoms with van der Waals surface area (Å²) in [5.74, 6) is 1.83. The highest BCUT2D eigenvalue weighted by Gasteiger charge is 2.23. The second kappa shape index (κ2) is 9.31. The van der Waals surface area contributed by atoms with E-state index in [-0.39, 0.29) is 17.8 Å². The summed E-state index contributed by atoms with van der Waals surface area (Å²) in [6.07, 6.45) is 0.370. The lowest BCUT2D eigenvalue weighted by Crippen LogP contribution is -2.43. The van der Waals surface area contributed by atoms with Gasteiger partial charge in [0.05, 0.1) is 12.0 Å². The monoisotopic (exact) mass is 415 g/mol. The molecule has 1 heterocycles. The number of urea groups is 1. The van der Waals surface area contributed by atoms with E-state index in [0.29, 0.717) is 12.1 Å². The molecule has 2 aromatic rings. The van der Waals surface area contributed by atoms with Crippen LogP contribution in [0.15, 0.2) is 48.5 Å². The summed E-state index contributed by atoms with van der Waals surface area (Å²) in [5, 5.41) is 5.70. The van der Waals surface area contributed by atoms with Gasteiger partial charge in [0.1, 0.15) is 5.82 Å². The lowest BCUT2D eigenvalue weighted by Gasteiger charge is -2.27. The number of nitrogens with zero attached hydrogens (tertiary/aromatic N) is 1. The minimum Gasteiger partial charge on any atom is -0.341 e. The fraction of sp³-hybridized carbons (Fsp3) is 0.364. The van der Waals surface area contributed by atoms with Gasteiger partial charge in [0.2, 0.25) is 5.91 Å². The first-order chi connectivity index (χ1) is 13.8. The van der Waals surface area contributed by atoms with Crippen LogP contribution >= 0.6 is 11.8 Å². The van der Waals surface area contributed by atoms with Gasteiger partial charge >= 0.3 is 6.03 Å². The summed E-state index contributed by atoms with van der Waals surface area (Å²) in [6.45, 7) is 5.33. The molecule has 1 aliphatic rings. The maximum Gasteiger partial charge on any atom is 0.319 e. The average Bonchev–Trinajstić information content (AvgIpc) is 2.70. The number of amides is 3. The van der Waals surface area contributed by atoms with Gasteiger partial charge in [-0.05, 0) is 49.2 Å². The number of halogens is 1. The lowest BCUT2D eigenvalue weighted by atomic mass is 9.94. The molecule has 1 fully saturated rings. The van der Waals surface area contributed by atoms with Gasteiger partial charge in [-0.2, -0.15) is 11.8 Å². The smallest absolute Gasteiger partial charge is 0.319 e. The minimum atomic E-state index is -0.656. The van der Waals surface area contributed by atoms with Crippen LogP contribution in [0.5, 0.6) is 0 Å². The van der Waals surface area contributed by atoms with E-state index in [4.69, 9.17) is 0 Å². The van der Waals surface area contributed by atoms with Crippen LogP contribution in [-0.2, 0) is 16.8 Å². The number of nitrogens with one attached hydrogen (secondary N) is 2. The molecule has 3 amide bonds. The Balaban J connectivity index is 1.54. The second-order valence-corrected chi connectivity index (χ2v) is 8.80. The number of carbonyl (C=O) groups is 2. The Morgan fingerprint density at radius 1 is 1.03 bits per heavy atom. The molecule has 5 nitrogen and oxygen atoms in total. The molecule has 1 aliphatic heterocycles. The van der Waals surface area contributed by atoms with Crippen LogP contribution in [0.3, 0.4) is 0 Å². The molecule has 0 aromatic heterocycles. The highest BCUT2D eigenvalue weighted by atomic mass is 32.2. The molecule has 1 saturated heterocycles. The SMILES string of the molecule is CC(C)(NC(=O)Nc1ccc(CC(=O)N2CCSCC2)cc1)c1ccc(F)cc1. The molecular weight excluding hydrogens is 389 g/mol. The third-order valence-corrected chi connectivity index (χ3v) is 5.87. The Kier molecular flexibility index (Phi) is 6.79. The number of rotatable bonds is 5. The average molecular weight is 416 g/mol. The van der Waals surface area contributed by atoms with Crippen molar-refractivity contribution in [3.05, 3.63) is 65.5 Å². The number of thioether (sulfide) groups is 1. The molecule has 0 saturated carbocycles. The third-order valence-electron chi connectivity index (χ3n) is 4.92. The van der Waals surface area contributed by atoms with Crippen molar-refractivity contribution >= 4 is 29.4 Å². The third kappa shape index (κ3) is 5.97. The van der Waals surface area contributed by atoms with Crippen molar-refractivity contribution in [1.29, 1.82) is 0 Å². The molecule has 0 unspecified atom stereocenters. The van der Waals surface area contributed by atoms with Gasteiger partial charge in [-0.1, -0.05) is 24.3 Å². The van der Waals surface area contributed by atoms with E-state index in [1.807, 2.05) is 42.6 Å². The Labute approximate surface area is 175 Å². The van der Waals surface area contributed by atoms with Gasteiger partial charge in [0, 0.05) is 30.3 Å². The van der Waals surface area contributed by atoms with Crippen LogP contribution < -0.4 is 10.6 Å². The summed E-state index contributed by atoms with van der Waals surface area (Å²) in [7, 11) is 0. The first-order valence-corrected chi connectivity index (χ1v) is 10.8. The van der Waals surface area contributed by atoms with E-state index in [0.717, 1.165) is 35.7 Å². The molecule has 0 spiro atoms. The van der Waals surface area contributed by atoms with E-state index in [1.54, 1.807) is 24.3 Å². The van der Waals surface area contributed by atoms with Gasteiger partial charge in [0.25, 0.3) is 0 Å². The van der Waals surface area contributed by atoms with Crippen LogP contribution in [0, 0.1) is 5.82 Å². The van der Waals surface area contributed by atoms with E-state index >= 15 is 0 Å². The predicted octanol–water partition coefficient (Wildman–Crippen LogP) is 4.00. The zero-order chi connectivity index (χ0) is 20.9. The van der Waals surface area contributed by atoms with Crippen LogP contribution in [0.25, 0.3) is 0 Å². The number of anilines is 1. The summed E-state index contributed by atoms with van der Waals surface area (Å²) in [4.78, 5) is 26.6. The van der Waals surface area contributed by atoms with E-state index < -0.39 is 5.54 Å². The Hall–Kier alpha value is -2.54. The van der Waals surface area contributed by atoms with Crippen molar-refractivity contribution in [2.24, 2.45) is 0 Å². The summed E-state index contributed by atoms with van der Waals surface area (Å²) >= 11 is 1.88. The fourth-order valence-corrected chi connectivity index (χ4v) is 4.09. The predicted molar refractivity (Wildman–Crippen MR) is 116 cm³/mol. The topological polar surface area (TPSA) is 61.4 Å². The highest BCUT2D eigenvalue weighted by Crippen LogP contribution is 2.21. The Bertz CT molecular complexity index is 847. The normalized spacial score (nSPS) is 14.4. The molecule has 2 aromatic carbocycles. The number of benzene rings is 2. The van der Waals surface area contributed by atoms with Crippen molar-refractivity contribution in [2.45, 2.75) is 25.8 Å². The van der Waals surface area contributed by atoms with E-state index in [9.17, 15) is 14.0 Å². The fourth-order valence-electron chi connectivity index (χ4n) is 3.19. The van der Waals surface area contributed by atoms with Crippen LogP contribution in [0.1, 0.15) is 25.0 Å². The van der Waals surface area contributed by atoms with Gasteiger partial charge in [-0.25, -0.2) is 9.18 Å². The summed E-state index contributed by atoms with van der Waals surface area (Å²) in [6, 6.07) is 13.0. The molecule has 2 N–H and O–H groups in total. The van der Waals surface area contributed by atoms with E-state index in [1.165, 1.54) is 12.1 Å². The van der Waals surface area contributed by atoms with Crippen molar-refractivity contribution < 1.29 is 14.0 Å². The van der Waals surface area contributed by atoms with Crippen molar-refractivity contribution in [2.75, 3.05) is 29.9 Å². The molecule has 0 atom stereocenters. The zero-order valence-electron chi connectivity index (χ0n) is 16.7. The zero-order valence-corrected chi connectivity index (χ0v) is 17.5. The molecule has 7 heteroatoms. The Morgan fingerprint density at radius 2 is 1.66 bits per heavy atom. The first kappa shape index (κ1) is 21.2. The molecule has 154 valence electrons. The van der Waals surface area contributed by atoms with Gasteiger partial charge in [0.15, 0.2) is 0 Å². The summed E-state index contributed by atoms with van der Waals surface area (Å²) < 4.78 is 13.1.